The van der Waals surface area contributed by atoms with Gasteiger partial charge in [0.05, 0.1) is 12.1 Å². The third-order valence-electron chi connectivity index (χ3n) is 3.04. The van der Waals surface area contributed by atoms with Crippen LogP contribution in [0.2, 0.25) is 0 Å². The fourth-order valence-electron chi connectivity index (χ4n) is 2.07. The SMILES string of the molecule is Cc1ccc(-c2cc(C)nc(SCCC(=O)O)n2)c(C)c1. The molecule has 0 amide bonds. The van der Waals surface area contributed by atoms with Crippen molar-refractivity contribution in [3.05, 3.63) is 41.1 Å². The molecule has 0 bridgehead atoms. The second-order valence-corrected chi connectivity index (χ2v) is 6.05. The molecule has 1 N–H and O–H groups in total. The van der Waals surface area contributed by atoms with Gasteiger partial charge in [-0.1, -0.05) is 35.5 Å². The minimum Gasteiger partial charge on any atom is -0.481 e. The summed E-state index contributed by atoms with van der Waals surface area (Å²) in [5, 5.41) is 9.32. The molecule has 1 aromatic heterocycles. The van der Waals surface area contributed by atoms with Crippen molar-refractivity contribution in [3.8, 4) is 11.3 Å². The average Bonchev–Trinajstić information content (AvgIpc) is 2.37. The first-order valence-electron chi connectivity index (χ1n) is 6.73. The zero-order valence-corrected chi connectivity index (χ0v) is 13.2. The van der Waals surface area contributed by atoms with E-state index in [0.717, 1.165) is 17.0 Å². The summed E-state index contributed by atoms with van der Waals surface area (Å²) in [4.78, 5) is 19.5. The number of thioether (sulfide) groups is 1. The molecule has 0 radical (unpaired) electrons. The third-order valence-corrected chi connectivity index (χ3v) is 3.89. The summed E-state index contributed by atoms with van der Waals surface area (Å²) in [7, 11) is 0. The Morgan fingerprint density at radius 3 is 2.62 bits per heavy atom. The highest BCUT2D eigenvalue weighted by Gasteiger charge is 2.08. The van der Waals surface area contributed by atoms with E-state index in [4.69, 9.17) is 5.11 Å². The largest absolute Gasteiger partial charge is 0.481 e. The first kappa shape index (κ1) is 15.5. The quantitative estimate of drug-likeness (QED) is 0.675. The highest BCUT2D eigenvalue weighted by Crippen LogP contribution is 2.25. The van der Waals surface area contributed by atoms with Crippen LogP contribution in [0.3, 0.4) is 0 Å². The molecule has 0 atom stereocenters. The third kappa shape index (κ3) is 4.29. The van der Waals surface area contributed by atoms with Crippen molar-refractivity contribution in [2.75, 3.05) is 5.75 Å². The van der Waals surface area contributed by atoms with Gasteiger partial charge in [0.2, 0.25) is 0 Å². The number of benzene rings is 1. The lowest BCUT2D eigenvalue weighted by Gasteiger charge is -2.09. The van der Waals surface area contributed by atoms with Crippen LogP contribution in [0.1, 0.15) is 23.2 Å². The maximum absolute atomic E-state index is 10.6. The monoisotopic (exact) mass is 302 g/mol. The molecule has 21 heavy (non-hydrogen) atoms. The number of aromatic nitrogens is 2. The Balaban J connectivity index is 2.27. The lowest BCUT2D eigenvalue weighted by atomic mass is 10.0. The number of aryl methyl sites for hydroxylation is 3. The zero-order chi connectivity index (χ0) is 15.4. The molecule has 0 spiro atoms. The standard InChI is InChI=1S/C16H18N2O2S/c1-10-4-5-13(11(2)8-10)14-9-12(3)17-16(18-14)21-7-6-15(19)20/h4-5,8-9H,6-7H2,1-3H3,(H,19,20). The average molecular weight is 302 g/mol. The van der Waals surface area contributed by atoms with Crippen molar-refractivity contribution in [1.29, 1.82) is 0 Å². The summed E-state index contributed by atoms with van der Waals surface area (Å²) >= 11 is 1.38. The Labute approximate surface area is 128 Å². The molecule has 5 heteroatoms. The molecule has 0 unspecified atom stereocenters. The number of hydrogen-bond acceptors (Lipinski definition) is 4. The fourth-order valence-corrected chi connectivity index (χ4v) is 2.91. The lowest BCUT2D eigenvalue weighted by Crippen LogP contribution is -1.99. The van der Waals surface area contributed by atoms with Crippen LogP contribution in [-0.2, 0) is 4.79 Å². The molecular weight excluding hydrogens is 284 g/mol. The number of rotatable bonds is 5. The van der Waals surface area contributed by atoms with Crippen LogP contribution in [0.4, 0.5) is 0 Å². The van der Waals surface area contributed by atoms with Crippen molar-refractivity contribution < 1.29 is 9.90 Å². The van der Waals surface area contributed by atoms with Crippen molar-refractivity contribution in [1.82, 2.24) is 9.97 Å². The first-order chi connectivity index (χ1) is 9.95. The van der Waals surface area contributed by atoms with Crippen LogP contribution >= 0.6 is 11.8 Å². The van der Waals surface area contributed by atoms with E-state index in [-0.39, 0.29) is 6.42 Å². The number of hydrogen-bond donors (Lipinski definition) is 1. The highest BCUT2D eigenvalue weighted by molar-refractivity contribution is 7.99. The molecule has 0 fully saturated rings. The predicted octanol–water partition coefficient (Wildman–Crippen LogP) is 3.64. The van der Waals surface area contributed by atoms with Crippen LogP contribution in [0, 0.1) is 20.8 Å². The second kappa shape index (κ2) is 6.72. The summed E-state index contributed by atoms with van der Waals surface area (Å²) in [6, 6.07) is 8.22. The van der Waals surface area contributed by atoms with Gasteiger partial charge in [0.1, 0.15) is 0 Å². The van der Waals surface area contributed by atoms with E-state index in [2.05, 4.69) is 42.0 Å². The Kier molecular flexibility index (Phi) is 4.96. The minimum absolute atomic E-state index is 0.112. The number of aliphatic carboxylic acids is 1. The van der Waals surface area contributed by atoms with Gasteiger partial charge in [0.25, 0.3) is 0 Å². The van der Waals surface area contributed by atoms with Gasteiger partial charge in [0.15, 0.2) is 5.16 Å². The van der Waals surface area contributed by atoms with Crippen molar-refractivity contribution >= 4 is 17.7 Å². The molecule has 1 aromatic carbocycles. The number of carboxylic acid groups (broad SMARTS) is 1. The molecule has 2 aromatic rings. The smallest absolute Gasteiger partial charge is 0.304 e. The molecule has 0 aliphatic heterocycles. The van der Waals surface area contributed by atoms with Crippen LogP contribution in [-0.4, -0.2) is 26.8 Å². The molecule has 1 heterocycles. The molecule has 0 aliphatic rings. The van der Waals surface area contributed by atoms with Gasteiger partial charge in [-0.2, -0.15) is 0 Å². The Morgan fingerprint density at radius 2 is 1.95 bits per heavy atom. The predicted molar refractivity (Wildman–Crippen MR) is 84.7 cm³/mol. The minimum atomic E-state index is -0.801. The molecular formula is C16H18N2O2S. The van der Waals surface area contributed by atoms with Gasteiger partial charge in [-0.25, -0.2) is 9.97 Å². The van der Waals surface area contributed by atoms with E-state index in [1.54, 1.807) is 0 Å². The van der Waals surface area contributed by atoms with Crippen LogP contribution in [0.25, 0.3) is 11.3 Å². The Bertz CT molecular complexity index is 671. The first-order valence-corrected chi connectivity index (χ1v) is 7.72. The number of nitrogens with zero attached hydrogens (tertiary/aromatic N) is 2. The Hall–Kier alpha value is -1.88. The van der Waals surface area contributed by atoms with Crippen LogP contribution in [0.5, 0.6) is 0 Å². The van der Waals surface area contributed by atoms with Crippen LogP contribution < -0.4 is 0 Å². The molecule has 0 aliphatic carbocycles. The summed E-state index contributed by atoms with van der Waals surface area (Å²) < 4.78 is 0. The van der Waals surface area contributed by atoms with Gasteiger partial charge >= 0.3 is 5.97 Å². The van der Waals surface area contributed by atoms with E-state index < -0.39 is 5.97 Å². The fraction of sp³-hybridized carbons (Fsp3) is 0.312. The van der Waals surface area contributed by atoms with E-state index in [1.165, 1.54) is 22.9 Å². The lowest BCUT2D eigenvalue weighted by molar-refractivity contribution is -0.136. The second-order valence-electron chi connectivity index (χ2n) is 4.99. The maximum atomic E-state index is 10.6. The van der Waals surface area contributed by atoms with Crippen molar-refractivity contribution in [2.45, 2.75) is 32.3 Å². The van der Waals surface area contributed by atoms with Gasteiger partial charge in [-0.05, 0) is 32.4 Å². The van der Waals surface area contributed by atoms with E-state index in [1.807, 2.05) is 13.0 Å². The number of carboxylic acids is 1. The van der Waals surface area contributed by atoms with Crippen molar-refractivity contribution in [2.24, 2.45) is 0 Å². The summed E-state index contributed by atoms with van der Waals surface area (Å²) in [6.45, 7) is 6.06. The van der Waals surface area contributed by atoms with Crippen LogP contribution in [0.15, 0.2) is 29.4 Å². The van der Waals surface area contributed by atoms with Gasteiger partial charge < -0.3 is 5.11 Å². The highest BCUT2D eigenvalue weighted by atomic mass is 32.2. The molecule has 110 valence electrons. The molecule has 2 rings (SSSR count). The van der Waals surface area contributed by atoms with Crippen molar-refractivity contribution in [3.63, 3.8) is 0 Å². The number of carbonyl (C=O) groups is 1. The molecule has 0 saturated carbocycles. The zero-order valence-electron chi connectivity index (χ0n) is 12.4. The topological polar surface area (TPSA) is 63.1 Å². The Morgan fingerprint density at radius 1 is 1.19 bits per heavy atom. The summed E-state index contributed by atoms with van der Waals surface area (Å²) in [5.41, 5.74) is 5.26. The van der Waals surface area contributed by atoms with Gasteiger partial charge in [-0.15, -0.1) is 0 Å². The summed E-state index contributed by atoms with van der Waals surface area (Å²) in [6.07, 6.45) is 0.112. The van der Waals surface area contributed by atoms with Gasteiger partial charge in [-0.3, -0.25) is 4.79 Å². The molecule has 0 saturated heterocycles. The van der Waals surface area contributed by atoms with E-state index in [0.29, 0.717) is 10.9 Å². The van der Waals surface area contributed by atoms with Gasteiger partial charge in [0, 0.05) is 17.0 Å². The van der Waals surface area contributed by atoms with E-state index >= 15 is 0 Å². The summed E-state index contributed by atoms with van der Waals surface area (Å²) in [5.74, 6) is -0.324. The normalized spacial score (nSPS) is 10.6. The molecule has 4 nitrogen and oxygen atoms in total. The van der Waals surface area contributed by atoms with E-state index in [9.17, 15) is 4.79 Å². The maximum Gasteiger partial charge on any atom is 0.304 e.